The second kappa shape index (κ2) is 14.3. The molecule has 0 heterocycles. The zero-order chi connectivity index (χ0) is 28.3. The summed E-state index contributed by atoms with van der Waals surface area (Å²) in [5.74, 6) is 0.796. The first-order chi connectivity index (χ1) is 18.0. The number of hydrogen-bond donors (Lipinski definition) is 1. The Morgan fingerprint density at radius 1 is 1.08 bits per heavy atom. The first-order valence-corrected chi connectivity index (χ1v) is 12.5. The fourth-order valence-electron chi connectivity index (χ4n) is 3.67. The SMILES string of the molecule is C\C=C(/C=N/C(=C/CC)C(F)(F)F)C(C)N=C(N/C=C/CC)c1cc(-c2ccc(F)cc2)cc(OC)c1C. The molecule has 0 aromatic heterocycles. The van der Waals surface area contributed by atoms with Crippen LogP contribution in [0.25, 0.3) is 11.1 Å². The Kier molecular flexibility index (Phi) is 11.5. The molecule has 0 aliphatic heterocycles. The normalized spacial score (nSPS) is 14.4. The number of allylic oxidation sites excluding steroid dienone is 4. The standard InChI is InChI=1S/C30H35F4N3O/c1-7-10-16-35-29(37-21(5)22(9-3)19-36-28(11-8-2)30(32,33)34)26-17-24(18-27(38-6)20(26)4)23-12-14-25(31)15-13-23/h9-19,21H,7-8H2,1-6H3,(H,35,37)/b16-10+,22-9+,28-11+,36-19+. The maximum atomic E-state index is 13.5. The summed E-state index contributed by atoms with van der Waals surface area (Å²) in [6.07, 6.45) is 4.14. The van der Waals surface area contributed by atoms with Crippen LogP contribution in [-0.2, 0) is 0 Å². The molecule has 4 nitrogen and oxygen atoms in total. The number of ether oxygens (including phenoxy) is 1. The number of halogens is 4. The van der Waals surface area contributed by atoms with Crippen LogP contribution in [0.3, 0.4) is 0 Å². The van der Waals surface area contributed by atoms with Gasteiger partial charge in [-0.15, -0.1) is 0 Å². The Labute approximate surface area is 222 Å². The van der Waals surface area contributed by atoms with Gasteiger partial charge in [-0.1, -0.05) is 44.2 Å². The number of hydrogen-bond acceptors (Lipinski definition) is 3. The summed E-state index contributed by atoms with van der Waals surface area (Å²) in [5.41, 5.74) is 2.75. The van der Waals surface area contributed by atoms with Crippen molar-refractivity contribution in [1.82, 2.24) is 5.32 Å². The number of amidine groups is 1. The molecular weight excluding hydrogens is 494 g/mol. The van der Waals surface area contributed by atoms with E-state index >= 15 is 0 Å². The van der Waals surface area contributed by atoms with E-state index in [2.05, 4.69) is 10.3 Å². The quantitative estimate of drug-likeness (QED) is 0.191. The first-order valence-electron chi connectivity index (χ1n) is 12.5. The van der Waals surface area contributed by atoms with Crippen molar-refractivity contribution >= 4 is 12.1 Å². The highest BCUT2D eigenvalue weighted by molar-refractivity contribution is 6.02. The van der Waals surface area contributed by atoms with Crippen molar-refractivity contribution in [2.75, 3.05) is 7.11 Å². The van der Waals surface area contributed by atoms with E-state index in [1.165, 1.54) is 18.3 Å². The summed E-state index contributed by atoms with van der Waals surface area (Å²) in [6.45, 7) is 9.05. The third-order valence-electron chi connectivity index (χ3n) is 5.77. The molecule has 1 N–H and O–H groups in total. The third-order valence-corrected chi connectivity index (χ3v) is 5.77. The van der Waals surface area contributed by atoms with Crippen molar-refractivity contribution in [2.45, 2.75) is 59.7 Å². The number of benzene rings is 2. The monoisotopic (exact) mass is 529 g/mol. The summed E-state index contributed by atoms with van der Waals surface area (Å²) in [4.78, 5) is 8.57. The zero-order valence-electron chi connectivity index (χ0n) is 22.7. The van der Waals surface area contributed by atoms with Gasteiger partial charge in [-0.25, -0.2) is 4.39 Å². The van der Waals surface area contributed by atoms with Crippen molar-refractivity contribution in [3.63, 3.8) is 0 Å². The minimum atomic E-state index is -4.54. The molecule has 0 saturated heterocycles. The lowest BCUT2D eigenvalue weighted by Crippen LogP contribution is -2.23. The molecular formula is C30H35F4N3O. The van der Waals surface area contributed by atoms with Crippen LogP contribution >= 0.6 is 0 Å². The molecule has 0 saturated carbocycles. The van der Waals surface area contributed by atoms with Crippen molar-refractivity contribution in [3.05, 3.63) is 89.0 Å². The molecule has 38 heavy (non-hydrogen) atoms. The average Bonchev–Trinajstić information content (AvgIpc) is 2.88. The Balaban J connectivity index is 2.61. The Hall–Kier alpha value is -3.68. The van der Waals surface area contributed by atoms with Gasteiger partial charge in [-0.3, -0.25) is 9.98 Å². The number of methoxy groups -OCH3 is 1. The van der Waals surface area contributed by atoms with E-state index in [-0.39, 0.29) is 12.2 Å². The van der Waals surface area contributed by atoms with Crippen LogP contribution in [0.2, 0.25) is 0 Å². The number of nitrogens with zero attached hydrogens (tertiary/aromatic N) is 2. The number of rotatable bonds is 10. The average molecular weight is 530 g/mol. The smallest absolute Gasteiger partial charge is 0.433 e. The van der Waals surface area contributed by atoms with Gasteiger partial charge >= 0.3 is 6.18 Å². The molecule has 1 unspecified atom stereocenters. The first kappa shape index (κ1) is 30.5. The molecule has 0 radical (unpaired) electrons. The van der Waals surface area contributed by atoms with E-state index in [0.29, 0.717) is 17.2 Å². The molecule has 1 atom stereocenters. The van der Waals surface area contributed by atoms with Crippen molar-refractivity contribution in [3.8, 4) is 16.9 Å². The molecule has 0 spiro atoms. The molecule has 2 aromatic carbocycles. The Morgan fingerprint density at radius 3 is 2.32 bits per heavy atom. The van der Waals surface area contributed by atoms with Crippen molar-refractivity contribution < 1.29 is 22.3 Å². The highest BCUT2D eigenvalue weighted by Crippen LogP contribution is 2.31. The molecule has 0 bridgehead atoms. The Bertz CT molecular complexity index is 1220. The minimum Gasteiger partial charge on any atom is -0.496 e. The van der Waals surface area contributed by atoms with Gasteiger partial charge in [0.15, 0.2) is 0 Å². The lowest BCUT2D eigenvalue weighted by Gasteiger charge is -2.18. The number of alkyl halides is 3. The van der Waals surface area contributed by atoms with Crippen LogP contribution in [0, 0.1) is 12.7 Å². The van der Waals surface area contributed by atoms with Gasteiger partial charge in [-0.2, -0.15) is 13.2 Å². The maximum absolute atomic E-state index is 13.5. The van der Waals surface area contributed by atoms with Gasteiger partial charge in [0.25, 0.3) is 0 Å². The second-order valence-corrected chi connectivity index (χ2v) is 8.51. The largest absolute Gasteiger partial charge is 0.496 e. The van der Waals surface area contributed by atoms with Crippen molar-refractivity contribution in [1.29, 1.82) is 0 Å². The van der Waals surface area contributed by atoms with E-state index in [0.717, 1.165) is 34.8 Å². The van der Waals surface area contributed by atoms with Gasteiger partial charge in [0.05, 0.1) is 13.2 Å². The lowest BCUT2D eigenvalue weighted by atomic mass is 9.97. The number of aliphatic imine (C=N–C) groups is 2. The van der Waals surface area contributed by atoms with Crippen LogP contribution in [0.15, 0.2) is 82.1 Å². The molecule has 0 aliphatic carbocycles. The topological polar surface area (TPSA) is 46.0 Å². The van der Waals surface area contributed by atoms with E-state index < -0.39 is 17.9 Å². The van der Waals surface area contributed by atoms with Crippen LogP contribution in [-0.4, -0.2) is 31.4 Å². The molecule has 204 valence electrons. The van der Waals surface area contributed by atoms with Crippen LogP contribution in [0.5, 0.6) is 5.75 Å². The van der Waals surface area contributed by atoms with Gasteiger partial charge in [-0.05, 0) is 80.8 Å². The van der Waals surface area contributed by atoms with E-state index in [1.807, 2.05) is 32.1 Å². The van der Waals surface area contributed by atoms with Gasteiger partial charge in [0.1, 0.15) is 23.1 Å². The van der Waals surface area contributed by atoms with Gasteiger partial charge in [0.2, 0.25) is 0 Å². The maximum Gasteiger partial charge on any atom is 0.433 e. The fourth-order valence-corrected chi connectivity index (χ4v) is 3.67. The predicted molar refractivity (Wildman–Crippen MR) is 148 cm³/mol. The van der Waals surface area contributed by atoms with Crippen LogP contribution < -0.4 is 10.1 Å². The van der Waals surface area contributed by atoms with Gasteiger partial charge in [0, 0.05) is 17.3 Å². The summed E-state index contributed by atoms with van der Waals surface area (Å²) >= 11 is 0. The van der Waals surface area contributed by atoms with Crippen LogP contribution in [0.4, 0.5) is 17.6 Å². The van der Waals surface area contributed by atoms with Gasteiger partial charge < -0.3 is 10.1 Å². The minimum absolute atomic E-state index is 0.217. The molecule has 8 heteroatoms. The highest BCUT2D eigenvalue weighted by Gasteiger charge is 2.33. The van der Waals surface area contributed by atoms with Crippen LogP contribution in [0.1, 0.15) is 51.7 Å². The lowest BCUT2D eigenvalue weighted by molar-refractivity contribution is -0.0925. The van der Waals surface area contributed by atoms with Crippen molar-refractivity contribution in [2.24, 2.45) is 9.98 Å². The summed E-state index contributed by atoms with van der Waals surface area (Å²) in [5, 5.41) is 3.23. The molecule has 2 aromatic rings. The second-order valence-electron chi connectivity index (χ2n) is 8.51. The summed E-state index contributed by atoms with van der Waals surface area (Å²) in [7, 11) is 1.57. The number of nitrogens with one attached hydrogen (secondary N) is 1. The molecule has 0 fully saturated rings. The molecule has 2 rings (SSSR count). The molecule has 0 amide bonds. The van der Waals surface area contributed by atoms with E-state index in [9.17, 15) is 17.6 Å². The highest BCUT2D eigenvalue weighted by atomic mass is 19.4. The Morgan fingerprint density at radius 2 is 1.76 bits per heavy atom. The predicted octanol–water partition coefficient (Wildman–Crippen LogP) is 8.33. The fraction of sp³-hybridized carbons (Fsp3) is 0.333. The summed E-state index contributed by atoms with van der Waals surface area (Å²) in [6, 6.07) is 9.43. The third kappa shape index (κ3) is 8.43. The molecule has 0 aliphatic rings. The van der Waals surface area contributed by atoms with E-state index in [1.54, 1.807) is 52.3 Å². The van der Waals surface area contributed by atoms with E-state index in [4.69, 9.17) is 9.73 Å². The zero-order valence-corrected chi connectivity index (χ0v) is 22.7. The summed E-state index contributed by atoms with van der Waals surface area (Å²) < 4.78 is 59.1.